The van der Waals surface area contributed by atoms with Crippen molar-refractivity contribution in [2.45, 2.75) is 38.5 Å². The van der Waals surface area contributed by atoms with Crippen molar-refractivity contribution in [1.82, 2.24) is 38.7 Å². The van der Waals surface area contributed by atoms with Crippen molar-refractivity contribution in [3.63, 3.8) is 0 Å². The summed E-state index contributed by atoms with van der Waals surface area (Å²) in [7, 11) is -5.15. The molecule has 1 fully saturated rings. The molecule has 47 heavy (non-hydrogen) atoms. The number of aliphatic carboxylic acids is 1. The van der Waals surface area contributed by atoms with E-state index < -0.39 is 93.3 Å². The zero-order chi connectivity index (χ0) is 35.0. The molecular weight excluding hydrogens is 672 g/mol. The number of carbonyl (C=O) groups is 4. The summed E-state index contributed by atoms with van der Waals surface area (Å²) in [6.07, 6.45) is 0.862. The van der Waals surface area contributed by atoms with Gasteiger partial charge >= 0.3 is 27.9 Å². The van der Waals surface area contributed by atoms with Gasteiger partial charge in [0, 0.05) is 17.6 Å². The van der Waals surface area contributed by atoms with E-state index in [0.29, 0.717) is 9.47 Å². The monoisotopic (exact) mass is 698 g/mol. The minimum Gasteiger partial charge on any atom is -0.503 e. The predicted octanol–water partition coefficient (Wildman–Crippen LogP) is -2.89. The van der Waals surface area contributed by atoms with Gasteiger partial charge in [0.05, 0.1) is 24.9 Å². The van der Waals surface area contributed by atoms with Gasteiger partial charge in [-0.1, -0.05) is 9.24 Å². The van der Waals surface area contributed by atoms with Crippen LogP contribution in [0.25, 0.3) is 11.5 Å². The number of β-lactam (4-membered cyclic amide) rings is 1. The van der Waals surface area contributed by atoms with Gasteiger partial charge in [0.25, 0.3) is 11.8 Å². The molecule has 0 saturated carbocycles. The molecule has 0 aliphatic carbocycles. The number of aliphatic hydroxyl groups excluding tert-OH is 1. The number of rotatable bonds is 11. The lowest BCUT2D eigenvalue weighted by atomic mass is 10.1. The average Bonchev–Trinajstić information content (AvgIpc) is 3.58. The number of likely N-dealkylation sites (tertiary alicyclic amines) is 1. The van der Waals surface area contributed by atoms with Crippen LogP contribution >= 0.6 is 11.3 Å². The number of nitrogens with one attached hydrogen (secondary N) is 3. The molecule has 0 bridgehead atoms. The molecule has 24 heteroatoms. The summed E-state index contributed by atoms with van der Waals surface area (Å²) in [5.74, 6) is -4.70. The smallest absolute Gasteiger partial charge is 0.362 e. The summed E-state index contributed by atoms with van der Waals surface area (Å²) in [4.78, 5) is 86.5. The number of nitrogens with two attached hydrogens (primary N) is 1. The number of carboxylic acid groups (broad SMARTS) is 1. The number of aromatic nitrogens is 5. The normalized spacial score (nSPS) is 15.9. The van der Waals surface area contributed by atoms with Crippen LogP contribution in [0.3, 0.4) is 0 Å². The Balaban J connectivity index is 1.51. The first-order valence-electron chi connectivity index (χ1n) is 13.0. The average molecular weight is 699 g/mol. The van der Waals surface area contributed by atoms with Crippen LogP contribution in [0, 0.1) is 0 Å². The lowest BCUT2D eigenvalue weighted by Crippen LogP contribution is -2.68. The third kappa shape index (κ3) is 6.82. The van der Waals surface area contributed by atoms with Crippen LogP contribution in [0.15, 0.2) is 32.4 Å². The third-order valence-corrected chi connectivity index (χ3v) is 8.20. The molecule has 4 heterocycles. The van der Waals surface area contributed by atoms with E-state index in [1.165, 1.54) is 17.0 Å². The maximum Gasteiger partial charge on any atom is 0.362 e. The molecule has 2 atom stereocenters. The van der Waals surface area contributed by atoms with Gasteiger partial charge in [-0.3, -0.25) is 23.9 Å². The van der Waals surface area contributed by atoms with Crippen molar-refractivity contribution in [3.05, 3.63) is 44.0 Å². The maximum absolute atomic E-state index is 13.1. The summed E-state index contributed by atoms with van der Waals surface area (Å²) in [6.45, 7) is 2.42. The number of thiazole rings is 1. The number of urea groups is 1. The highest BCUT2D eigenvalue weighted by atomic mass is 32.2. The molecule has 22 nitrogen and oxygen atoms in total. The molecule has 4 rings (SSSR count). The van der Waals surface area contributed by atoms with E-state index in [9.17, 15) is 52.5 Å². The van der Waals surface area contributed by atoms with E-state index in [2.05, 4.69) is 25.5 Å². The number of aliphatic hydroxyl groups is 1. The number of oxime groups is 1. The van der Waals surface area contributed by atoms with Gasteiger partial charge in [-0.15, -0.1) is 16.4 Å². The van der Waals surface area contributed by atoms with Crippen molar-refractivity contribution in [3.8, 4) is 17.3 Å². The van der Waals surface area contributed by atoms with E-state index >= 15 is 0 Å². The van der Waals surface area contributed by atoms with Crippen LogP contribution < -0.4 is 26.9 Å². The van der Waals surface area contributed by atoms with Gasteiger partial charge in [-0.25, -0.2) is 24.1 Å². The van der Waals surface area contributed by atoms with Crippen LogP contribution in [-0.2, 0) is 29.4 Å². The van der Waals surface area contributed by atoms with Crippen molar-refractivity contribution < 1.29 is 47.8 Å². The molecule has 4 amide bonds. The summed E-state index contributed by atoms with van der Waals surface area (Å²) in [5, 5.41) is 39.2. The van der Waals surface area contributed by atoms with Crippen LogP contribution in [0.5, 0.6) is 5.75 Å². The number of carbonyl (C=O) groups excluding carboxylic acids is 3. The number of nitrogen functional groups attached to an aromatic ring is 1. The molecule has 3 aromatic rings. The Morgan fingerprint density at radius 3 is 2.53 bits per heavy atom. The van der Waals surface area contributed by atoms with Gasteiger partial charge in [0.1, 0.15) is 11.7 Å². The highest BCUT2D eigenvalue weighted by molar-refractivity contribution is 7.88. The number of anilines is 1. The Morgan fingerprint density at radius 1 is 1.30 bits per heavy atom. The summed E-state index contributed by atoms with van der Waals surface area (Å²) in [5.41, 5.74) is 0.587. The maximum atomic E-state index is 13.1. The van der Waals surface area contributed by atoms with E-state index in [4.69, 9.17) is 10.6 Å². The molecule has 1 saturated heterocycles. The Bertz CT molecular complexity index is 2030. The first-order valence-corrected chi connectivity index (χ1v) is 15.3. The van der Waals surface area contributed by atoms with Crippen LogP contribution in [0.4, 0.5) is 9.93 Å². The minimum absolute atomic E-state index is 0.0278. The first kappa shape index (κ1) is 34.3. The quantitative estimate of drug-likeness (QED) is 0.0600. The fraction of sp³-hybridized carbons (Fsp3) is 0.348. The number of aromatic hydroxyl groups is 1. The highest BCUT2D eigenvalue weighted by Crippen LogP contribution is 2.19. The van der Waals surface area contributed by atoms with Crippen LogP contribution in [0.1, 0.15) is 32.5 Å². The van der Waals surface area contributed by atoms with E-state index in [1.54, 1.807) is 0 Å². The number of hydrogen-bond donors (Lipinski definition) is 7. The molecule has 0 radical (unpaired) electrons. The molecule has 8 N–H and O–H groups in total. The minimum atomic E-state index is -5.15. The Morgan fingerprint density at radius 2 is 1.98 bits per heavy atom. The molecule has 1 aliphatic rings. The summed E-state index contributed by atoms with van der Waals surface area (Å²) >= 11 is 0.923. The number of pyridine rings is 1. The zero-order valence-electron chi connectivity index (χ0n) is 24.4. The fourth-order valence-corrected chi connectivity index (χ4v) is 5.17. The zero-order valence-corrected chi connectivity index (χ0v) is 26.0. The molecule has 3 aromatic heterocycles. The Kier molecular flexibility index (Phi) is 9.21. The largest absolute Gasteiger partial charge is 0.503 e. The number of H-pyrrole nitrogens is 1. The SMILES string of the molecule is C[C@H](CO)n1c(-c2cc(=O)c(O)c[nH]2)nn(S(=O)(=O)NC(=O)N2C[C@H](NC(=O)C(=NOC(C)(C)C(=O)O)c3csc(N)n3)C2=O)c1=O. The molecule has 0 aromatic carbocycles. The summed E-state index contributed by atoms with van der Waals surface area (Å²) in [6, 6.07) is -3.16. The summed E-state index contributed by atoms with van der Waals surface area (Å²) < 4.78 is 28.2. The van der Waals surface area contributed by atoms with E-state index in [0.717, 1.165) is 37.4 Å². The van der Waals surface area contributed by atoms with Gasteiger partial charge in [-0.2, -0.15) is 8.42 Å². The van der Waals surface area contributed by atoms with Gasteiger partial charge in [-0.05, 0) is 20.8 Å². The lowest BCUT2D eigenvalue weighted by molar-refractivity contribution is -0.161. The third-order valence-electron chi connectivity index (χ3n) is 6.41. The van der Waals surface area contributed by atoms with E-state index in [1.807, 2.05) is 0 Å². The second-order valence-corrected chi connectivity index (χ2v) is 12.6. The number of hydrogen-bond acceptors (Lipinski definition) is 16. The lowest BCUT2D eigenvalue weighted by Gasteiger charge is -2.36. The molecule has 0 unspecified atom stereocenters. The first-order chi connectivity index (χ1) is 21.9. The van der Waals surface area contributed by atoms with Crippen molar-refractivity contribution in [1.29, 1.82) is 0 Å². The van der Waals surface area contributed by atoms with Crippen molar-refractivity contribution >= 4 is 56.2 Å². The predicted molar refractivity (Wildman–Crippen MR) is 158 cm³/mol. The van der Waals surface area contributed by atoms with E-state index in [-0.39, 0.29) is 20.6 Å². The second-order valence-electron chi connectivity index (χ2n) is 10.3. The second kappa shape index (κ2) is 12.6. The van der Waals surface area contributed by atoms with Crippen molar-refractivity contribution in [2.75, 3.05) is 18.9 Å². The highest BCUT2D eigenvalue weighted by Gasteiger charge is 2.44. The number of imide groups is 1. The number of amides is 4. The molecule has 0 spiro atoms. The Labute approximate surface area is 266 Å². The van der Waals surface area contributed by atoms with Crippen LogP contribution in [-0.4, -0.2) is 107 Å². The Hall–Kier alpha value is -5.62. The fourth-order valence-electron chi connectivity index (χ4n) is 3.72. The van der Waals surface area contributed by atoms with Gasteiger partial charge in [0.2, 0.25) is 11.0 Å². The molecule has 252 valence electrons. The topological polar surface area (TPSA) is 324 Å². The standard InChI is InChI=1S/C23H26N10O12S2/c1-9(7-34)32-16(10-4-13(35)14(36)5-25-10)28-33(22(32)42)47(43,44)30-21(41)31-6-11(18(31)38)26-17(37)15(12-8-46-20(24)27-12)29-45-23(2,3)19(39)40/h4-5,8-9,11,34,36H,6-7H2,1-3H3,(H2,24,27)(H,25,35)(H,26,37)(H,30,41)(H,39,40)/t9-,11+/m1/s1. The van der Waals surface area contributed by atoms with Gasteiger partial charge in [0.15, 0.2) is 22.4 Å². The van der Waals surface area contributed by atoms with Crippen LogP contribution in [0.2, 0.25) is 0 Å². The number of aromatic amines is 1. The molecular formula is C23H26N10O12S2. The number of carboxylic acids is 1. The van der Waals surface area contributed by atoms with Gasteiger partial charge < -0.3 is 36.2 Å². The molecule has 1 aliphatic heterocycles. The van der Waals surface area contributed by atoms with Crippen molar-refractivity contribution in [2.24, 2.45) is 5.16 Å². The number of nitrogens with zero attached hydrogens (tertiary/aromatic N) is 6.